The first kappa shape index (κ1) is 13.6. The van der Waals surface area contributed by atoms with Gasteiger partial charge in [0.15, 0.2) is 0 Å². The smallest absolute Gasteiger partial charge is 0.246 e. The summed E-state index contributed by atoms with van der Waals surface area (Å²) in [5.41, 5.74) is 3.28. The van der Waals surface area contributed by atoms with Gasteiger partial charge in [-0.15, -0.1) is 0 Å². The molecule has 1 atom stereocenters. The van der Waals surface area contributed by atoms with Gasteiger partial charge in [-0.3, -0.25) is 4.79 Å². The Labute approximate surface area is 123 Å². The molecule has 4 heteroatoms. The molecule has 21 heavy (non-hydrogen) atoms. The van der Waals surface area contributed by atoms with Gasteiger partial charge >= 0.3 is 0 Å². The second-order valence-electron chi connectivity index (χ2n) is 5.35. The molecule has 0 saturated carbocycles. The first-order valence-electron chi connectivity index (χ1n) is 7.05. The summed E-state index contributed by atoms with van der Waals surface area (Å²) in [5, 5.41) is 6.01. The summed E-state index contributed by atoms with van der Waals surface area (Å²) in [6, 6.07) is 12.4. The van der Waals surface area contributed by atoms with Crippen molar-refractivity contribution < 1.29 is 9.18 Å². The second-order valence-corrected chi connectivity index (χ2v) is 5.35. The summed E-state index contributed by atoms with van der Waals surface area (Å²) in [6.45, 7) is 1.69. The molecule has 0 spiro atoms. The van der Waals surface area contributed by atoms with Crippen LogP contribution < -0.4 is 10.6 Å². The lowest BCUT2D eigenvalue weighted by molar-refractivity contribution is -0.117. The number of anilines is 2. The van der Waals surface area contributed by atoms with E-state index in [0.717, 1.165) is 18.5 Å². The van der Waals surface area contributed by atoms with Crippen LogP contribution in [0.1, 0.15) is 17.5 Å². The molecule has 2 aromatic carbocycles. The number of hydrogen-bond acceptors (Lipinski definition) is 2. The highest BCUT2D eigenvalue weighted by Gasteiger charge is 2.23. The van der Waals surface area contributed by atoms with Gasteiger partial charge in [0.1, 0.15) is 11.9 Å². The molecule has 0 fully saturated rings. The van der Waals surface area contributed by atoms with Gasteiger partial charge in [-0.05, 0) is 49.1 Å². The van der Waals surface area contributed by atoms with Crippen LogP contribution in [0.5, 0.6) is 0 Å². The highest BCUT2D eigenvalue weighted by molar-refractivity contribution is 5.97. The summed E-state index contributed by atoms with van der Waals surface area (Å²) < 4.78 is 13.5. The van der Waals surface area contributed by atoms with Crippen LogP contribution in [0.15, 0.2) is 42.5 Å². The van der Waals surface area contributed by atoms with E-state index < -0.39 is 0 Å². The molecule has 1 aliphatic rings. The number of rotatable bonds is 2. The molecule has 1 amide bonds. The van der Waals surface area contributed by atoms with Gasteiger partial charge in [0.25, 0.3) is 0 Å². The Hall–Kier alpha value is -2.36. The second kappa shape index (κ2) is 5.56. The van der Waals surface area contributed by atoms with Gasteiger partial charge < -0.3 is 10.6 Å². The largest absolute Gasteiger partial charge is 0.373 e. The molecular formula is C17H17FN2O. The summed E-state index contributed by atoms with van der Waals surface area (Å²) in [5.74, 6) is -0.442. The van der Waals surface area contributed by atoms with Crippen molar-refractivity contribution in [2.24, 2.45) is 0 Å². The molecule has 0 aliphatic carbocycles. The van der Waals surface area contributed by atoms with Crippen LogP contribution in [-0.4, -0.2) is 11.9 Å². The van der Waals surface area contributed by atoms with Crippen molar-refractivity contribution in [1.82, 2.24) is 0 Å². The average Bonchev–Trinajstić information content (AvgIpc) is 2.50. The number of nitrogens with one attached hydrogen (secondary N) is 2. The molecule has 1 aliphatic heterocycles. The Kier molecular flexibility index (Phi) is 3.60. The van der Waals surface area contributed by atoms with Crippen molar-refractivity contribution in [2.75, 3.05) is 10.6 Å². The third kappa shape index (κ3) is 2.89. The quantitative estimate of drug-likeness (QED) is 0.886. The lowest BCUT2D eigenvalue weighted by Crippen LogP contribution is -2.37. The highest BCUT2D eigenvalue weighted by Crippen LogP contribution is 2.25. The summed E-state index contributed by atoms with van der Waals surface area (Å²) in [4.78, 5) is 12.3. The molecule has 2 aromatic rings. The number of aryl methyl sites for hydroxylation is 2. The number of carbonyl (C=O) groups is 1. The van der Waals surface area contributed by atoms with Crippen LogP contribution in [0.25, 0.3) is 0 Å². The maximum atomic E-state index is 13.5. The highest BCUT2D eigenvalue weighted by atomic mass is 19.1. The van der Waals surface area contributed by atoms with E-state index >= 15 is 0 Å². The number of hydrogen-bond donors (Lipinski definition) is 2. The molecule has 0 bridgehead atoms. The summed E-state index contributed by atoms with van der Waals surface area (Å²) in [6.07, 6.45) is 1.60. The number of amides is 1. The molecule has 0 aromatic heterocycles. The standard InChI is InChI=1S/C17H17FN2O/c1-11-6-8-13(10-14(11)18)19-17(21)16-9-7-12-4-2-3-5-15(12)20-16/h2-6,8,10,16,20H,7,9H2,1H3,(H,19,21). The zero-order valence-corrected chi connectivity index (χ0v) is 11.8. The molecule has 108 valence electrons. The van der Waals surface area contributed by atoms with Crippen LogP contribution in [0, 0.1) is 12.7 Å². The third-order valence-corrected chi connectivity index (χ3v) is 3.81. The van der Waals surface area contributed by atoms with Gasteiger partial charge in [0.2, 0.25) is 5.91 Å². The van der Waals surface area contributed by atoms with E-state index in [9.17, 15) is 9.18 Å². The van der Waals surface area contributed by atoms with E-state index in [2.05, 4.69) is 16.7 Å². The summed E-state index contributed by atoms with van der Waals surface area (Å²) >= 11 is 0. The SMILES string of the molecule is Cc1ccc(NC(=O)C2CCc3ccccc3N2)cc1F. The molecule has 1 heterocycles. The topological polar surface area (TPSA) is 41.1 Å². The number of carbonyl (C=O) groups excluding carboxylic acids is 1. The first-order valence-corrected chi connectivity index (χ1v) is 7.05. The Morgan fingerprint density at radius 2 is 2.10 bits per heavy atom. The van der Waals surface area contributed by atoms with Gasteiger partial charge in [0.05, 0.1) is 0 Å². The monoisotopic (exact) mass is 284 g/mol. The minimum Gasteiger partial charge on any atom is -0.373 e. The van der Waals surface area contributed by atoms with Crippen LogP contribution >= 0.6 is 0 Å². The van der Waals surface area contributed by atoms with Gasteiger partial charge in [-0.25, -0.2) is 4.39 Å². The Morgan fingerprint density at radius 1 is 1.29 bits per heavy atom. The zero-order chi connectivity index (χ0) is 14.8. The molecular weight excluding hydrogens is 267 g/mol. The van der Waals surface area contributed by atoms with E-state index in [1.165, 1.54) is 11.6 Å². The normalized spacial score (nSPS) is 16.8. The molecule has 3 rings (SSSR count). The molecule has 2 N–H and O–H groups in total. The Morgan fingerprint density at radius 3 is 2.90 bits per heavy atom. The van der Waals surface area contributed by atoms with Crippen molar-refractivity contribution >= 4 is 17.3 Å². The molecule has 0 saturated heterocycles. The fraction of sp³-hybridized carbons (Fsp3) is 0.235. The number of benzene rings is 2. The van der Waals surface area contributed by atoms with Crippen molar-refractivity contribution in [1.29, 1.82) is 0 Å². The van der Waals surface area contributed by atoms with Crippen LogP contribution in [0.2, 0.25) is 0 Å². The molecule has 0 radical (unpaired) electrons. The fourth-order valence-electron chi connectivity index (χ4n) is 2.54. The number of para-hydroxylation sites is 1. The van der Waals surface area contributed by atoms with Crippen LogP contribution in [0.3, 0.4) is 0 Å². The minimum atomic E-state index is -0.310. The van der Waals surface area contributed by atoms with Crippen molar-refractivity contribution in [2.45, 2.75) is 25.8 Å². The average molecular weight is 284 g/mol. The lowest BCUT2D eigenvalue weighted by atomic mass is 9.97. The van der Waals surface area contributed by atoms with E-state index in [1.54, 1.807) is 19.1 Å². The lowest BCUT2D eigenvalue weighted by Gasteiger charge is -2.26. The van der Waals surface area contributed by atoms with Crippen molar-refractivity contribution in [3.8, 4) is 0 Å². The van der Waals surface area contributed by atoms with E-state index in [0.29, 0.717) is 11.3 Å². The minimum absolute atomic E-state index is 0.132. The third-order valence-electron chi connectivity index (χ3n) is 3.81. The van der Waals surface area contributed by atoms with E-state index in [1.807, 2.05) is 18.2 Å². The number of halogens is 1. The maximum Gasteiger partial charge on any atom is 0.246 e. The van der Waals surface area contributed by atoms with E-state index in [-0.39, 0.29) is 17.8 Å². The number of fused-ring (bicyclic) bond motifs is 1. The van der Waals surface area contributed by atoms with Crippen LogP contribution in [0.4, 0.5) is 15.8 Å². The summed E-state index contributed by atoms with van der Waals surface area (Å²) in [7, 11) is 0. The van der Waals surface area contributed by atoms with Crippen molar-refractivity contribution in [3.05, 3.63) is 59.4 Å². The van der Waals surface area contributed by atoms with E-state index in [4.69, 9.17) is 0 Å². The first-order chi connectivity index (χ1) is 10.1. The maximum absolute atomic E-state index is 13.5. The van der Waals surface area contributed by atoms with Gasteiger partial charge in [0, 0.05) is 11.4 Å². The Balaban J connectivity index is 1.70. The van der Waals surface area contributed by atoms with Crippen molar-refractivity contribution in [3.63, 3.8) is 0 Å². The van der Waals surface area contributed by atoms with Crippen LogP contribution in [-0.2, 0) is 11.2 Å². The van der Waals surface area contributed by atoms with Gasteiger partial charge in [-0.1, -0.05) is 24.3 Å². The predicted molar refractivity (Wildman–Crippen MR) is 81.9 cm³/mol. The zero-order valence-electron chi connectivity index (χ0n) is 11.8. The van der Waals surface area contributed by atoms with Gasteiger partial charge in [-0.2, -0.15) is 0 Å². The fourth-order valence-corrected chi connectivity index (χ4v) is 2.54. The predicted octanol–water partition coefficient (Wildman–Crippen LogP) is 3.50. The molecule has 3 nitrogen and oxygen atoms in total. The molecule has 1 unspecified atom stereocenters. The Bertz CT molecular complexity index is 684.